The highest BCUT2D eigenvalue weighted by molar-refractivity contribution is 6.30. The van der Waals surface area contributed by atoms with Crippen LogP contribution in [-0.4, -0.2) is 22.2 Å². The molecule has 0 atom stereocenters. The van der Waals surface area contributed by atoms with Crippen molar-refractivity contribution in [2.75, 3.05) is 6.54 Å². The Labute approximate surface area is 117 Å². The topological polar surface area (TPSA) is 46.9 Å². The highest BCUT2D eigenvalue weighted by Gasteiger charge is 2.12. The Kier molecular flexibility index (Phi) is 4.22. The van der Waals surface area contributed by atoms with Crippen LogP contribution in [0.1, 0.15) is 21.6 Å². The molecule has 0 aliphatic rings. The number of aryl methyl sites for hydroxylation is 2. The van der Waals surface area contributed by atoms with E-state index in [1.165, 1.54) is 0 Å². The van der Waals surface area contributed by atoms with Crippen molar-refractivity contribution in [2.45, 2.75) is 13.3 Å². The van der Waals surface area contributed by atoms with E-state index in [4.69, 9.17) is 11.6 Å². The van der Waals surface area contributed by atoms with Crippen molar-refractivity contribution in [3.05, 3.63) is 52.3 Å². The second-order valence-corrected chi connectivity index (χ2v) is 4.91. The fourth-order valence-corrected chi connectivity index (χ4v) is 2.14. The number of aromatic nitrogens is 2. The van der Waals surface area contributed by atoms with E-state index in [0.29, 0.717) is 17.3 Å². The highest BCUT2D eigenvalue weighted by atomic mass is 35.5. The van der Waals surface area contributed by atoms with Crippen LogP contribution < -0.4 is 5.32 Å². The zero-order valence-electron chi connectivity index (χ0n) is 11.0. The number of halogens is 1. The average Bonchev–Trinajstić information content (AvgIpc) is 2.68. The number of rotatable bonds is 4. The van der Waals surface area contributed by atoms with Crippen molar-refractivity contribution in [2.24, 2.45) is 7.05 Å². The molecule has 0 saturated heterocycles. The highest BCUT2D eigenvalue weighted by Crippen LogP contribution is 2.10. The molecule has 1 N–H and O–H groups in total. The zero-order chi connectivity index (χ0) is 13.8. The Hall–Kier alpha value is -1.81. The van der Waals surface area contributed by atoms with Crippen molar-refractivity contribution in [3.8, 4) is 0 Å². The molecule has 1 aromatic carbocycles. The molecule has 5 heteroatoms. The van der Waals surface area contributed by atoms with Gasteiger partial charge < -0.3 is 5.32 Å². The molecule has 2 aromatic rings. The van der Waals surface area contributed by atoms with Gasteiger partial charge in [-0.1, -0.05) is 23.7 Å². The first-order valence-electron chi connectivity index (χ1n) is 6.09. The number of hydrogen-bond acceptors (Lipinski definition) is 2. The second kappa shape index (κ2) is 5.89. The van der Waals surface area contributed by atoms with Gasteiger partial charge in [0.2, 0.25) is 0 Å². The van der Waals surface area contributed by atoms with E-state index in [1.807, 2.05) is 37.4 Å². The first kappa shape index (κ1) is 13.6. The van der Waals surface area contributed by atoms with Crippen LogP contribution in [0.25, 0.3) is 0 Å². The quantitative estimate of drug-likeness (QED) is 0.932. The number of amides is 1. The molecule has 0 unspecified atom stereocenters. The molecule has 0 spiro atoms. The minimum absolute atomic E-state index is 0.139. The van der Waals surface area contributed by atoms with Crippen LogP contribution in [0.4, 0.5) is 0 Å². The minimum atomic E-state index is -0.139. The van der Waals surface area contributed by atoms with Gasteiger partial charge in [-0.15, -0.1) is 0 Å². The molecule has 0 saturated carbocycles. The smallest absolute Gasteiger partial charge is 0.272 e. The average molecular weight is 278 g/mol. The lowest BCUT2D eigenvalue weighted by Crippen LogP contribution is -2.26. The maximum absolute atomic E-state index is 11.9. The number of benzene rings is 1. The molecule has 0 aliphatic carbocycles. The van der Waals surface area contributed by atoms with E-state index < -0.39 is 0 Å². The SMILES string of the molecule is Cc1cn(C)nc1C(=O)NCCc1cccc(Cl)c1. The Morgan fingerprint density at radius 3 is 2.89 bits per heavy atom. The molecule has 0 radical (unpaired) electrons. The van der Waals surface area contributed by atoms with Gasteiger partial charge in [0, 0.05) is 30.4 Å². The van der Waals surface area contributed by atoms with E-state index in [1.54, 1.807) is 11.7 Å². The van der Waals surface area contributed by atoms with E-state index >= 15 is 0 Å². The van der Waals surface area contributed by atoms with E-state index in [-0.39, 0.29) is 5.91 Å². The van der Waals surface area contributed by atoms with E-state index in [0.717, 1.165) is 17.5 Å². The lowest BCUT2D eigenvalue weighted by molar-refractivity contribution is 0.0948. The van der Waals surface area contributed by atoms with Crippen LogP contribution in [0.15, 0.2) is 30.5 Å². The predicted octanol–water partition coefficient (Wildman–Crippen LogP) is 2.35. The van der Waals surface area contributed by atoms with Gasteiger partial charge in [0.15, 0.2) is 5.69 Å². The van der Waals surface area contributed by atoms with Gasteiger partial charge in [-0.05, 0) is 31.0 Å². The van der Waals surface area contributed by atoms with Crippen LogP contribution in [0.3, 0.4) is 0 Å². The molecule has 4 nitrogen and oxygen atoms in total. The normalized spacial score (nSPS) is 10.5. The fraction of sp³-hybridized carbons (Fsp3) is 0.286. The monoisotopic (exact) mass is 277 g/mol. The van der Waals surface area contributed by atoms with Crippen molar-refractivity contribution >= 4 is 17.5 Å². The Morgan fingerprint density at radius 1 is 1.47 bits per heavy atom. The van der Waals surface area contributed by atoms with Gasteiger partial charge in [0.1, 0.15) is 0 Å². The first-order valence-corrected chi connectivity index (χ1v) is 6.47. The summed E-state index contributed by atoms with van der Waals surface area (Å²) in [6.07, 6.45) is 2.57. The summed E-state index contributed by atoms with van der Waals surface area (Å²) in [4.78, 5) is 11.9. The molecule has 0 bridgehead atoms. The number of hydrogen-bond donors (Lipinski definition) is 1. The van der Waals surface area contributed by atoms with Crippen molar-refractivity contribution in [1.82, 2.24) is 15.1 Å². The summed E-state index contributed by atoms with van der Waals surface area (Å²) in [5.41, 5.74) is 2.46. The summed E-state index contributed by atoms with van der Waals surface area (Å²) in [5, 5.41) is 7.71. The van der Waals surface area contributed by atoms with Crippen LogP contribution in [0.2, 0.25) is 5.02 Å². The number of nitrogens with one attached hydrogen (secondary N) is 1. The molecule has 0 fully saturated rings. The number of nitrogens with zero attached hydrogens (tertiary/aromatic N) is 2. The molecule has 100 valence electrons. The van der Waals surface area contributed by atoms with Crippen LogP contribution in [-0.2, 0) is 13.5 Å². The summed E-state index contributed by atoms with van der Waals surface area (Å²) in [6, 6.07) is 7.63. The van der Waals surface area contributed by atoms with Crippen molar-refractivity contribution in [3.63, 3.8) is 0 Å². The third kappa shape index (κ3) is 3.58. The van der Waals surface area contributed by atoms with Crippen molar-refractivity contribution < 1.29 is 4.79 Å². The van der Waals surface area contributed by atoms with Gasteiger partial charge in [-0.2, -0.15) is 5.10 Å². The van der Waals surface area contributed by atoms with Gasteiger partial charge in [0.05, 0.1) is 0 Å². The fourth-order valence-electron chi connectivity index (χ4n) is 1.93. The number of carbonyl (C=O) groups is 1. The second-order valence-electron chi connectivity index (χ2n) is 4.47. The summed E-state index contributed by atoms with van der Waals surface area (Å²) < 4.78 is 1.64. The van der Waals surface area contributed by atoms with Gasteiger partial charge in [-0.25, -0.2) is 0 Å². The molecule has 0 aliphatic heterocycles. The molecule has 2 rings (SSSR count). The lowest BCUT2D eigenvalue weighted by atomic mass is 10.1. The molecular weight excluding hydrogens is 262 g/mol. The van der Waals surface area contributed by atoms with E-state index in [9.17, 15) is 4.79 Å². The predicted molar refractivity (Wildman–Crippen MR) is 75.4 cm³/mol. The number of carbonyl (C=O) groups excluding carboxylic acids is 1. The zero-order valence-corrected chi connectivity index (χ0v) is 11.7. The lowest BCUT2D eigenvalue weighted by Gasteiger charge is -2.04. The summed E-state index contributed by atoms with van der Waals surface area (Å²) in [5.74, 6) is -0.139. The van der Waals surface area contributed by atoms with Crippen LogP contribution in [0.5, 0.6) is 0 Å². The molecule has 19 heavy (non-hydrogen) atoms. The summed E-state index contributed by atoms with van der Waals surface area (Å²) >= 11 is 5.91. The largest absolute Gasteiger partial charge is 0.350 e. The Morgan fingerprint density at radius 2 is 2.26 bits per heavy atom. The standard InChI is InChI=1S/C14H16ClN3O/c1-10-9-18(2)17-13(10)14(19)16-7-6-11-4-3-5-12(15)8-11/h3-5,8-9H,6-7H2,1-2H3,(H,16,19). The molecule has 1 amide bonds. The van der Waals surface area contributed by atoms with Gasteiger partial charge >= 0.3 is 0 Å². The van der Waals surface area contributed by atoms with E-state index in [2.05, 4.69) is 10.4 Å². The molecular formula is C14H16ClN3O. The Bertz CT molecular complexity index is 592. The molecule has 1 aromatic heterocycles. The van der Waals surface area contributed by atoms with Crippen molar-refractivity contribution in [1.29, 1.82) is 0 Å². The van der Waals surface area contributed by atoms with Gasteiger partial charge in [0.25, 0.3) is 5.91 Å². The Balaban J connectivity index is 1.89. The van der Waals surface area contributed by atoms with Gasteiger partial charge in [-0.3, -0.25) is 9.48 Å². The minimum Gasteiger partial charge on any atom is -0.350 e. The molecule has 1 heterocycles. The first-order chi connectivity index (χ1) is 9.06. The third-order valence-corrected chi connectivity index (χ3v) is 3.05. The van der Waals surface area contributed by atoms with Crippen LogP contribution in [0, 0.1) is 6.92 Å². The third-order valence-electron chi connectivity index (χ3n) is 2.82. The maximum atomic E-state index is 11.9. The van der Waals surface area contributed by atoms with Crippen LogP contribution >= 0.6 is 11.6 Å². The summed E-state index contributed by atoms with van der Waals surface area (Å²) in [7, 11) is 1.80. The maximum Gasteiger partial charge on any atom is 0.272 e. The summed E-state index contributed by atoms with van der Waals surface area (Å²) in [6.45, 7) is 2.44.